The summed E-state index contributed by atoms with van der Waals surface area (Å²) < 4.78 is 13.0. The van der Waals surface area contributed by atoms with Crippen LogP contribution in [-0.4, -0.2) is 28.4 Å². The van der Waals surface area contributed by atoms with Crippen LogP contribution in [0.5, 0.6) is 0 Å². The normalized spacial score (nSPS) is 15.4. The van der Waals surface area contributed by atoms with Gasteiger partial charge in [-0.2, -0.15) is 0 Å². The first-order chi connectivity index (χ1) is 14.7. The van der Waals surface area contributed by atoms with Gasteiger partial charge in [-0.05, 0) is 76.6 Å². The number of aromatic amines is 1. The minimum Gasteiger partial charge on any atom is -0.496 e. The lowest BCUT2D eigenvalue weighted by atomic mass is 10.1. The van der Waals surface area contributed by atoms with Crippen molar-refractivity contribution in [3.8, 4) is 0 Å². The number of methoxy groups -OCH3 is 1. The van der Waals surface area contributed by atoms with Gasteiger partial charge in [0.1, 0.15) is 11.4 Å². The van der Waals surface area contributed by atoms with Crippen LogP contribution in [0.15, 0.2) is 59.9 Å². The van der Waals surface area contributed by atoms with E-state index in [0.717, 1.165) is 44.9 Å². The van der Waals surface area contributed by atoms with E-state index in [9.17, 15) is 4.79 Å². The Morgan fingerprint density at radius 2 is 1.84 bits per heavy atom. The SMILES string of the molecule is COC1=CC(c2cc3ccccc3n2C(=O)OC(C)(C)C)=CC1=Cc1[nH]c(C)cc1C. The molecule has 5 nitrogen and oxygen atoms in total. The molecule has 0 saturated carbocycles. The molecular formula is C26H28N2O3. The highest BCUT2D eigenvalue weighted by Gasteiger charge is 2.25. The summed E-state index contributed by atoms with van der Waals surface area (Å²) in [4.78, 5) is 16.5. The van der Waals surface area contributed by atoms with Crippen LogP contribution in [0.3, 0.4) is 0 Å². The van der Waals surface area contributed by atoms with Gasteiger partial charge in [-0.3, -0.25) is 0 Å². The summed E-state index contributed by atoms with van der Waals surface area (Å²) in [5.74, 6) is 0.752. The minimum atomic E-state index is -0.592. The van der Waals surface area contributed by atoms with E-state index in [0.29, 0.717) is 0 Å². The average Bonchev–Trinajstić information content (AvgIpc) is 3.35. The van der Waals surface area contributed by atoms with Crippen LogP contribution in [0.1, 0.15) is 43.4 Å². The van der Waals surface area contributed by atoms with Crippen LogP contribution in [0, 0.1) is 13.8 Å². The Labute approximate surface area is 182 Å². The highest BCUT2D eigenvalue weighted by Crippen LogP contribution is 2.35. The number of allylic oxidation sites excluding steroid dienone is 3. The van der Waals surface area contributed by atoms with E-state index in [2.05, 4.69) is 24.1 Å². The predicted octanol–water partition coefficient (Wildman–Crippen LogP) is 6.38. The van der Waals surface area contributed by atoms with Gasteiger partial charge in [-0.15, -0.1) is 0 Å². The summed E-state index contributed by atoms with van der Waals surface area (Å²) in [5, 5.41) is 0.977. The van der Waals surface area contributed by atoms with Gasteiger partial charge in [0, 0.05) is 27.9 Å². The lowest BCUT2D eigenvalue weighted by molar-refractivity contribution is 0.0543. The molecule has 0 amide bonds. The van der Waals surface area contributed by atoms with Crippen molar-refractivity contribution < 1.29 is 14.3 Å². The van der Waals surface area contributed by atoms with Crippen LogP contribution in [0.4, 0.5) is 4.79 Å². The van der Waals surface area contributed by atoms with Crippen molar-refractivity contribution in [3.05, 3.63) is 82.5 Å². The van der Waals surface area contributed by atoms with Crippen LogP contribution in [0.2, 0.25) is 0 Å². The molecule has 5 heteroatoms. The number of aryl methyl sites for hydroxylation is 2. The quantitative estimate of drug-likeness (QED) is 0.539. The molecule has 0 radical (unpaired) electrons. The fourth-order valence-corrected chi connectivity index (χ4v) is 3.87. The highest BCUT2D eigenvalue weighted by molar-refractivity contribution is 5.97. The van der Waals surface area contributed by atoms with Gasteiger partial charge in [0.25, 0.3) is 0 Å². The number of aromatic nitrogens is 2. The van der Waals surface area contributed by atoms with Crippen molar-refractivity contribution >= 4 is 28.6 Å². The number of nitrogens with one attached hydrogen (secondary N) is 1. The van der Waals surface area contributed by atoms with Gasteiger partial charge >= 0.3 is 6.09 Å². The first-order valence-corrected chi connectivity index (χ1v) is 10.4. The smallest absolute Gasteiger partial charge is 0.419 e. The largest absolute Gasteiger partial charge is 0.496 e. The third kappa shape index (κ3) is 4.08. The van der Waals surface area contributed by atoms with Crippen molar-refractivity contribution in [3.63, 3.8) is 0 Å². The average molecular weight is 417 g/mol. The zero-order valence-electron chi connectivity index (χ0n) is 18.9. The van der Waals surface area contributed by atoms with E-state index in [1.54, 1.807) is 11.7 Å². The Kier molecular flexibility index (Phi) is 5.13. The van der Waals surface area contributed by atoms with E-state index < -0.39 is 11.7 Å². The molecule has 2 heterocycles. The molecule has 1 N–H and O–H groups in total. The molecule has 0 saturated heterocycles. The number of para-hydroxylation sites is 1. The Morgan fingerprint density at radius 1 is 1.10 bits per heavy atom. The molecule has 1 aliphatic rings. The first-order valence-electron chi connectivity index (χ1n) is 10.4. The fraction of sp³-hybridized carbons (Fsp3) is 0.269. The standard InChI is InChI=1S/C26H28N2O3/c1-16-11-17(2)27-21(16)13-20-12-19(15-24(20)30-6)23-14-18-9-7-8-10-22(18)28(23)25(29)31-26(3,4)5/h7-15,27H,1-6H3. The molecule has 3 aromatic rings. The van der Waals surface area contributed by atoms with E-state index in [1.807, 2.05) is 70.2 Å². The molecule has 1 aliphatic carbocycles. The lowest BCUT2D eigenvalue weighted by Crippen LogP contribution is -2.27. The third-order valence-corrected chi connectivity index (χ3v) is 5.17. The summed E-state index contributed by atoms with van der Waals surface area (Å²) in [6.07, 6.45) is 5.69. The molecule has 2 aromatic heterocycles. The highest BCUT2D eigenvalue weighted by atomic mass is 16.6. The molecule has 0 aliphatic heterocycles. The van der Waals surface area contributed by atoms with Crippen LogP contribution in [0.25, 0.3) is 22.6 Å². The number of fused-ring (bicyclic) bond motifs is 1. The zero-order chi connectivity index (χ0) is 22.3. The second kappa shape index (κ2) is 7.65. The number of ether oxygens (including phenoxy) is 2. The maximum absolute atomic E-state index is 13.1. The van der Waals surface area contributed by atoms with Crippen molar-refractivity contribution in [1.29, 1.82) is 0 Å². The number of rotatable bonds is 3. The topological polar surface area (TPSA) is 56.2 Å². The maximum atomic E-state index is 13.1. The van der Waals surface area contributed by atoms with Crippen molar-refractivity contribution in [2.75, 3.05) is 7.11 Å². The van der Waals surface area contributed by atoms with Crippen molar-refractivity contribution in [1.82, 2.24) is 9.55 Å². The van der Waals surface area contributed by atoms with E-state index in [1.165, 1.54) is 5.56 Å². The second-order valence-electron chi connectivity index (χ2n) is 8.87. The fourth-order valence-electron chi connectivity index (χ4n) is 3.87. The maximum Gasteiger partial charge on any atom is 0.419 e. The van der Waals surface area contributed by atoms with Crippen LogP contribution < -0.4 is 0 Å². The number of carbonyl (C=O) groups is 1. The molecule has 1 aromatic carbocycles. The third-order valence-electron chi connectivity index (χ3n) is 5.17. The zero-order valence-corrected chi connectivity index (χ0v) is 18.9. The molecular weight excluding hydrogens is 388 g/mol. The van der Waals surface area contributed by atoms with E-state index in [4.69, 9.17) is 9.47 Å². The van der Waals surface area contributed by atoms with Gasteiger partial charge < -0.3 is 14.5 Å². The van der Waals surface area contributed by atoms with Gasteiger partial charge in [-0.1, -0.05) is 18.2 Å². The van der Waals surface area contributed by atoms with Crippen molar-refractivity contribution in [2.24, 2.45) is 0 Å². The number of nitrogens with zero attached hydrogens (tertiary/aromatic N) is 1. The van der Waals surface area contributed by atoms with Gasteiger partial charge in [0.2, 0.25) is 0 Å². The number of hydrogen-bond donors (Lipinski definition) is 1. The molecule has 0 spiro atoms. The number of carbonyl (C=O) groups excluding carboxylic acids is 1. The van der Waals surface area contributed by atoms with Gasteiger partial charge in [-0.25, -0.2) is 9.36 Å². The Balaban J connectivity index is 1.85. The Morgan fingerprint density at radius 3 is 2.48 bits per heavy atom. The first kappa shape index (κ1) is 20.8. The van der Waals surface area contributed by atoms with E-state index >= 15 is 0 Å². The molecule has 0 bridgehead atoms. The number of benzene rings is 1. The lowest BCUT2D eigenvalue weighted by Gasteiger charge is -2.21. The number of hydrogen-bond acceptors (Lipinski definition) is 3. The monoisotopic (exact) mass is 416 g/mol. The van der Waals surface area contributed by atoms with Gasteiger partial charge in [0.15, 0.2) is 0 Å². The molecule has 0 unspecified atom stereocenters. The van der Waals surface area contributed by atoms with Crippen LogP contribution >= 0.6 is 0 Å². The van der Waals surface area contributed by atoms with E-state index in [-0.39, 0.29) is 0 Å². The second-order valence-corrected chi connectivity index (χ2v) is 8.87. The predicted molar refractivity (Wildman–Crippen MR) is 125 cm³/mol. The summed E-state index contributed by atoms with van der Waals surface area (Å²) in [5.41, 5.74) is 6.16. The van der Waals surface area contributed by atoms with Gasteiger partial charge in [0.05, 0.1) is 18.3 Å². The molecule has 0 fully saturated rings. The minimum absolute atomic E-state index is 0.398. The van der Waals surface area contributed by atoms with Crippen molar-refractivity contribution in [2.45, 2.75) is 40.2 Å². The summed E-state index contributed by atoms with van der Waals surface area (Å²) in [6.45, 7) is 9.73. The summed E-state index contributed by atoms with van der Waals surface area (Å²) in [7, 11) is 1.66. The number of H-pyrrole nitrogens is 1. The summed E-state index contributed by atoms with van der Waals surface area (Å²) in [6, 6.07) is 11.9. The molecule has 4 rings (SSSR count). The Bertz CT molecular complexity index is 1260. The Hall–Kier alpha value is -3.47. The molecule has 160 valence electrons. The molecule has 0 atom stereocenters. The summed E-state index contributed by atoms with van der Waals surface area (Å²) >= 11 is 0. The van der Waals surface area contributed by atoms with Crippen LogP contribution in [-0.2, 0) is 9.47 Å². The molecule has 31 heavy (non-hydrogen) atoms.